The highest BCUT2D eigenvalue weighted by Gasteiger charge is 2.28. The topological polar surface area (TPSA) is 63.5 Å². The monoisotopic (exact) mass is 527 g/mol. The van der Waals surface area contributed by atoms with Crippen molar-refractivity contribution in [1.29, 1.82) is 0 Å². The van der Waals surface area contributed by atoms with Gasteiger partial charge in [0.25, 0.3) is 0 Å². The molecule has 0 N–H and O–H groups in total. The van der Waals surface area contributed by atoms with Gasteiger partial charge >= 0.3 is 5.97 Å². The molecule has 2 aliphatic heterocycles. The van der Waals surface area contributed by atoms with Crippen LogP contribution in [0.4, 0.5) is 10.1 Å². The van der Waals surface area contributed by atoms with Gasteiger partial charge in [-0.3, -0.25) is 9.88 Å². The van der Waals surface area contributed by atoms with Gasteiger partial charge in [0.15, 0.2) is 5.69 Å². The minimum absolute atomic E-state index is 0.241. The number of esters is 1. The summed E-state index contributed by atoms with van der Waals surface area (Å²) in [5, 5.41) is 1.00. The van der Waals surface area contributed by atoms with Crippen LogP contribution in [-0.2, 0) is 24.0 Å². The third kappa shape index (κ3) is 4.78. The Morgan fingerprint density at radius 3 is 2.82 bits per heavy atom. The first-order valence-electron chi connectivity index (χ1n) is 13.8. The lowest BCUT2D eigenvalue weighted by Gasteiger charge is -2.41. The molecule has 2 aromatic heterocycles. The van der Waals surface area contributed by atoms with Gasteiger partial charge in [-0.2, -0.15) is 0 Å². The zero-order chi connectivity index (χ0) is 27.1. The van der Waals surface area contributed by atoms with Gasteiger partial charge in [0.2, 0.25) is 0 Å². The summed E-state index contributed by atoms with van der Waals surface area (Å²) in [6, 6.07) is 14.0. The Kier molecular flexibility index (Phi) is 6.81. The van der Waals surface area contributed by atoms with Gasteiger partial charge in [-0.05, 0) is 75.4 Å². The molecule has 1 saturated heterocycles. The van der Waals surface area contributed by atoms with Gasteiger partial charge in [0.05, 0.1) is 23.5 Å². The summed E-state index contributed by atoms with van der Waals surface area (Å²) in [6.07, 6.45) is 4.35. The molecule has 0 amide bonds. The first kappa shape index (κ1) is 25.5. The number of aromatic nitrogens is 3. The van der Waals surface area contributed by atoms with Gasteiger partial charge in [-0.15, -0.1) is 0 Å². The molecular weight excluding hydrogens is 493 g/mol. The first-order valence-corrected chi connectivity index (χ1v) is 13.8. The number of nitrogens with zero attached hydrogens (tertiary/aromatic N) is 5. The van der Waals surface area contributed by atoms with Crippen molar-refractivity contribution in [2.75, 3.05) is 37.7 Å². The van der Waals surface area contributed by atoms with Gasteiger partial charge in [0.1, 0.15) is 12.1 Å². The van der Waals surface area contributed by atoms with Crippen LogP contribution >= 0.6 is 0 Å². The summed E-state index contributed by atoms with van der Waals surface area (Å²) in [4.78, 5) is 26.1. The summed E-state index contributed by atoms with van der Waals surface area (Å²) in [5.41, 5.74) is 7.67. The van der Waals surface area contributed by atoms with Crippen LogP contribution in [0.15, 0.2) is 48.8 Å². The lowest BCUT2D eigenvalue weighted by Crippen LogP contribution is -2.52. The highest BCUT2D eigenvalue weighted by molar-refractivity contribution is 5.92. The number of rotatable bonds is 6. The first-order chi connectivity index (χ1) is 18.9. The average Bonchev–Trinajstić information content (AvgIpc) is 3.37. The van der Waals surface area contributed by atoms with Gasteiger partial charge < -0.3 is 14.2 Å². The highest BCUT2D eigenvalue weighted by atomic mass is 19.1. The molecule has 0 bridgehead atoms. The van der Waals surface area contributed by atoms with Gasteiger partial charge in [0, 0.05) is 55.1 Å². The van der Waals surface area contributed by atoms with Crippen molar-refractivity contribution in [1.82, 2.24) is 19.4 Å². The molecule has 7 nitrogen and oxygen atoms in total. The number of halogens is 1. The Morgan fingerprint density at radius 2 is 2.00 bits per heavy atom. The van der Waals surface area contributed by atoms with Crippen LogP contribution in [0.2, 0.25) is 0 Å². The quantitative estimate of drug-likeness (QED) is 0.333. The molecule has 39 heavy (non-hydrogen) atoms. The Hall–Kier alpha value is -3.78. The fraction of sp³-hybridized carbons (Fsp3) is 0.387. The number of imidazole rings is 1. The van der Waals surface area contributed by atoms with Crippen molar-refractivity contribution in [3.05, 3.63) is 82.8 Å². The maximum Gasteiger partial charge on any atom is 0.358 e. The van der Waals surface area contributed by atoms with E-state index in [9.17, 15) is 9.18 Å². The average molecular weight is 528 g/mol. The molecular formula is C31H34FN5O2. The molecule has 0 aliphatic carbocycles. The third-order valence-corrected chi connectivity index (χ3v) is 8.12. The Labute approximate surface area is 228 Å². The number of aryl methyl sites for hydroxylation is 1. The van der Waals surface area contributed by atoms with E-state index in [1.54, 1.807) is 12.4 Å². The Balaban J connectivity index is 1.16. The molecule has 1 unspecified atom stereocenters. The normalized spacial score (nSPS) is 17.2. The second-order valence-electron chi connectivity index (χ2n) is 10.6. The highest BCUT2D eigenvalue weighted by Crippen LogP contribution is 2.31. The molecule has 2 aromatic carbocycles. The number of benzene rings is 2. The molecule has 4 aromatic rings. The summed E-state index contributed by atoms with van der Waals surface area (Å²) in [5.74, 6) is -0.591. The SMILES string of the molecule is CCOC(=O)c1ncn2c1CCc1c(CCN3CCN(c4cc(F)cc5nc(C)ccc45)CC3C)cccc1-2. The van der Waals surface area contributed by atoms with Crippen molar-refractivity contribution < 1.29 is 13.9 Å². The summed E-state index contributed by atoms with van der Waals surface area (Å²) in [6.45, 7) is 9.91. The second-order valence-corrected chi connectivity index (χ2v) is 10.6. The number of piperazine rings is 1. The van der Waals surface area contributed by atoms with Crippen molar-refractivity contribution >= 4 is 22.6 Å². The zero-order valence-corrected chi connectivity index (χ0v) is 22.8. The van der Waals surface area contributed by atoms with E-state index in [0.717, 1.165) is 73.6 Å². The maximum absolute atomic E-state index is 14.5. The molecule has 2 aliphatic rings. The predicted octanol–water partition coefficient (Wildman–Crippen LogP) is 4.90. The van der Waals surface area contributed by atoms with Crippen molar-refractivity contribution in [2.45, 2.75) is 46.1 Å². The van der Waals surface area contributed by atoms with Crippen LogP contribution in [0.1, 0.15) is 46.9 Å². The number of fused-ring (bicyclic) bond motifs is 4. The van der Waals surface area contributed by atoms with Gasteiger partial charge in [-0.1, -0.05) is 12.1 Å². The van der Waals surface area contributed by atoms with Crippen LogP contribution in [0.5, 0.6) is 0 Å². The molecule has 8 heteroatoms. The van der Waals surface area contributed by atoms with E-state index in [1.807, 2.05) is 19.9 Å². The van der Waals surface area contributed by atoms with E-state index < -0.39 is 0 Å². The largest absolute Gasteiger partial charge is 0.461 e. The number of anilines is 1. The van der Waals surface area contributed by atoms with Crippen molar-refractivity contribution in [3.63, 3.8) is 0 Å². The summed E-state index contributed by atoms with van der Waals surface area (Å²) < 4.78 is 21.7. The van der Waals surface area contributed by atoms with Gasteiger partial charge in [-0.25, -0.2) is 14.2 Å². The standard InChI is InChI=1S/C31H34FN5O2/c1-4-39-31(38)30-28-11-10-24-22(6-5-7-27(24)37(28)19-33-30)12-13-35-14-15-36(18-21(35)3)29-17-23(32)16-26-25(29)9-8-20(2)34-26/h5-9,16-17,19,21H,4,10-15,18H2,1-3H3. The van der Waals surface area contributed by atoms with E-state index in [-0.39, 0.29) is 11.8 Å². The molecule has 4 heterocycles. The van der Waals surface area contributed by atoms with E-state index >= 15 is 0 Å². The van der Waals surface area contributed by atoms with Crippen molar-refractivity contribution in [3.8, 4) is 5.69 Å². The van der Waals surface area contributed by atoms with E-state index in [0.29, 0.717) is 23.9 Å². The van der Waals surface area contributed by atoms with E-state index in [2.05, 4.69) is 55.5 Å². The third-order valence-electron chi connectivity index (χ3n) is 8.12. The molecule has 1 atom stereocenters. The molecule has 6 rings (SSSR count). The number of hydrogen-bond acceptors (Lipinski definition) is 6. The van der Waals surface area contributed by atoms with Crippen molar-refractivity contribution in [2.24, 2.45) is 0 Å². The summed E-state index contributed by atoms with van der Waals surface area (Å²) >= 11 is 0. The van der Waals surface area contributed by atoms with Crippen LogP contribution in [0, 0.1) is 12.7 Å². The fourth-order valence-electron chi connectivity index (χ4n) is 6.16. The minimum Gasteiger partial charge on any atom is -0.461 e. The predicted molar refractivity (Wildman–Crippen MR) is 150 cm³/mol. The Morgan fingerprint density at radius 1 is 1.13 bits per heavy atom. The molecule has 0 saturated carbocycles. The number of ether oxygens (including phenoxy) is 1. The molecule has 1 fully saturated rings. The smallest absolute Gasteiger partial charge is 0.358 e. The Bertz CT molecular complexity index is 1540. The van der Waals surface area contributed by atoms with Crippen LogP contribution < -0.4 is 4.90 Å². The number of hydrogen-bond donors (Lipinski definition) is 0. The summed E-state index contributed by atoms with van der Waals surface area (Å²) in [7, 11) is 0. The lowest BCUT2D eigenvalue weighted by molar-refractivity contribution is 0.0518. The minimum atomic E-state index is -0.350. The maximum atomic E-state index is 14.5. The number of pyridine rings is 1. The number of carbonyl (C=O) groups excluding carboxylic acids is 1. The van der Waals surface area contributed by atoms with Crippen LogP contribution in [0.3, 0.4) is 0 Å². The molecule has 0 radical (unpaired) electrons. The molecule has 0 spiro atoms. The molecule has 202 valence electrons. The zero-order valence-electron chi connectivity index (χ0n) is 22.8. The van der Waals surface area contributed by atoms with E-state index in [4.69, 9.17) is 4.74 Å². The van der Waals surface area contributed by atoms with E-state index in [1.165, 1.54) is 17.2 Å². The second kappa shape index (κ2) is 10.4. The fourth-order valence-corrected chi connectivity index (χ4v) is 6.16. The number of carbonyl (C=O) groups is 1. The van der Waals surface area contributed by atoms with Crippen LogP contribution in [0.25, 0.3) is 16.6 Å². The lowest BCUT2D eigenvalue weighted by atomic mass is 9.94. The van der Waals surface area contributed by atoms with Crippen LogP contribution in [-0.4, -0.2) is 64.2 Å².